The molecule has 1 aliphatic carbocycles. The van der Waals surface area contributed by atoms with Crippen molar-refractivity contribution in [3.05, 3.63) is 131 Å². The zero-order valence-electron chi connectivity index (χ0n) is 19.7. The molecule has 0 N–H and O–H groups in total. The van der Waals surface area contributed by atoms with Gasteiger partial charge in [-0.25, -0.2) is 0 Å². The standard InChI is InChI=1S/C31H38/c1-7-13-26-19-20-27-16-11-12-17-28(27)21-23-30(15-9-3)31(24(5)6)29(14-8-2)22-18-25(26)10-4/h7-17H,1-3,18-23H2,4-6H3/b25-10-,26-13-,29-14-,30-15-. The van der Waals surface area contributed by atoms with E-state index in [1.165, 1.54) is 44.6 Å². The van der Waals surface area contributed by atoms with Crippen molar-refractivity contribution in [2.24, 2.45) is 0 Å². The summed E-state index contributed by atoms with van der Waals surface area (Å²) >= 11 is 0. The fourth-order valence-corrected chi connectivity index (χ4v) is 4.55. The third kappa shape index (κ3) is 6.82. The van der Waals surface area contributed by atoms with E-state index in [2.05, 4.69) is 89.1 Å². The Hall–Kier alpha value is -2.86. The molecule has 0 atom stereocenters. The van der Waals surface area contributed by atoms with Gasteiger partial charge in [0.25, 0.3) is 0 Å². The highest BCUT2D eigenvalue weighted by Gasteiger charge is 2.16. The van der Waals surface area contributed by atoms with Crippen molar-refractivity contribution in [1.82, 2.24) is 0 Å². The van der Waals surface area contributed by atoms with E-state index in [9.17, 15) is 0 Å². The molecule has 0 saturated carbocycles. The summed E-state index contributed by atoms with van der Waals surface area (Å²) in [6.45, 7) is 18.6. The molecule has 0 saturated heterocycles. The highest BCUT2D eigenvalue weighted by Crippen LogP contribution is 2.34. The van der Waals surface area contributed by atoms with Crippen LogP contribution in [0.5, 0.6) is 0 Å². The van der Waals surface area contributed by atoms with E-state index in [0.29, 0.717) is 0 Å². The van der Waals surface area contributed by atoms with E-state index in [1.807, 2.05) is 18.2 Å². The topological polar surface area (TPSA) is 0 Å². The summed E-state index contributed by atoms with van der Waals surface area (Å²) in [7, 11) is 0. The minimum Gasteiger partial charge on any atom is -0.0991 e. The lowest BCUT2D eigenvalue weighted by atomic mass is 9.86. The minimum atomic E-state index is 0.988. The number of fused-ring (bicyclic) bond motifs is 1. The summed E-state index contributed by atoms with van der Waals surface area (Å²) in [6.07, 6.45) is 20.8. The summed E-state index contributed by atoms with van der Waals surface area (Å²) in [5.41, 5.74) is 11.1. The lowest BCUT2D eigenvalue weighted by Gasteiger charge is -2.19. The van der Waals surface area contributed by atoms with Gasteiger partial charge in [-0.05, 0) is 98.3 Å². The molecule has 0 spiro atoms. The Balaban J connectivity index is 2.64. The molecule has 0 nitrogen and oxygen atoms in total. The smallest absolute Gasteiger partial charge is 0.0206 e. The van der Waals surface area contributed by atoms with Crippen LogP contribution < -0.4 is 0 Å². The van der Waals surface area contributed by atoms with Crippen molar-refractivity contribution in [1.29, 1.82) is 0 Å². The monoisotopic (exact) mass is 410 g/mol. The first-order chi connectivity index (χ1) is 15.0. The van der Waals surface area contributed by atoms with E-state index < -0.39 is 0 Å². The molecule has 0 heterocycles. The van der Waals surface area contributed by atoms with Crippen LogP contribution in [-0.2, 0) is 12.8 Å². The second-order valence-electron chi connectivity index (χ2n) is 8.24. The van der Waals surface area contributed by atoms with Crippen molar-refractivity contribution in [3.63, 3.8) is 0 Å². The zero-order valence-corrected chi connectivity index (χ0v) is 19.7. The first-order valence-electron chi connectivity index (χ1n) is 11.4. The van der Waals surface area contributed by atoms with Crippen molar-refractivity contribution in [2.45, 2.75) is 59.3 Å². The van der Waals surface area contributed by atoms with E-state index in [1.54, 1.807) is 0 Å². The fourth-order valence-electron chi connectivity index (χ4n) is 4.55. The van der Waals surface area contributed by atoms with Crippen LogP contribution in [0.4, 0.5) is 0 Å². The van der Waals surface area contributed by atoms with E-state index in [4.69, 9.17) is 0 Å². The third-order valence-electron chi connectivity index (χ3n) is 5.97. The number of allylic oxidation sites excluding steroid dienone is 13. The maximum Gasteiger partial charge on any atom is -0.0206 e. The summed E-state index contributed by atoms with van der Waals surface area (Å²) in [6, 6.07) is 8.90. The molecule has 0 amide bonds. The molecule has 0 radical (unpaired) electrons. The van der Waals surface area contributed by atoms with Gasteiger partial charge in [-0.2, -0.15) is 0 Å². The first-order valence-corrected chi connectivity index (χ1v) is 11.4. The molecule has 1 aromatic carbocycles. The quantitative estimate of drug-likeness (QED) is 0.466. The predicted molar refractivity (Wildman–Crippen MR) is 139 cm³/mol. The minimum absolute atomic E-state index is 0.988. The van der Waals surface area contributed by atoms with Gasteiger partial charge < -0.3 is 0 Å². The third-order valence-corrected chi connectivity index (χ3v) is 5.97. The van der Waals surface area contributed by atoms with Crippen LogP contribution in [0.3, 0.4) is 0 Å². The van der Waals surface area contributed by atoms with Gasteiger partial charge in [-0.15, -0.1) is 0 Å². The summed E-state index contributed by atoms with van der Waals surface area (Å²) in [5, 5.41) is 0. The molecule has 0 aliphatic heterocycles. The van der Waals surface area contributed by atoms with Crippen molar-refractivity contribution < 1.29 is 0 Å². The Morgan fingerprint density at radius 2 is 1.06 bits per heavy atom. The molecular weight excluding hydrogens is 372 g/mol. The summed E-state index contributed by atoms with van der Waals surface area (Å²) in [4.78, 5) is 0. The number of hydrogen-bond acceptors (Lipinski definition) is 0. The van der Waals surface area contributed by atoms with Crippen LogP contribution in [-0.4, -0.2) is 0 Å². The Bertz CT molecular complexity index is 950. The van der Waals surface area contributed by atoms with Crippen LogP contribution in [0.2, 0.25) is 0 Å². The maximum atomic E-state index is 4.00. The van der Waals surface area contributed by atoms with Gasteiger partial charge in [-0.1, -0.05) is 92.1 Å². The van der Waals surface area contributed by atoms with E-state index in [-0.39, 0.29) is 0 Å². The highest BCUT2D eigenvalue weighted by molar-refractivity contribution is 5.52. The van der Waals surface area contributed by atoms with Gasteiger partial charge in [-0.3, -0.25) is 0 Å². The van der Waals surface area contributed by atoms with Crippen LogP contribution in [0.15, 0.2) is 120 Å². The van der Waals surface area contributed by atoms with Crippen molar-refractivity contribution in [2.75, 3.05) is 0 Å². The normalized spacial score (nSPS) is 21.2. The molecule has 0 unspecified atom stereocenters. The van der Waals surface area contributed by atoms with Crippen LogP contribution in [0.1, 0.15) is 57.6 Å². The fraction of sp³-hybridized carbons (Fsp3) is 0.290. The zero-order chi connectivity index (χ0) is 22.6. The van der Waals surface area contributed by atoms with Gasteiger partial charge in [0.15, 0.2) is 0 Å². The lowest BCUT2D eigenvalue weighted by molar-refractivity contribution is 0.874. The van der Waals surface area contributed by atoms with Gasteiger partial charge in [0.2, 0.25) is 0 Å². The number of aryl methyl sites for hydroxylation is 2. The number of rotatable bonds is 3. The molecule has 0 heteroatoms. The van der Waals surface area contributed by atoms with Crippen molar-refractivity contribution >= 4 is 0 Å². The SMILES string of the molecule is C=C/C=C1/CCC(=C/C)/C(=C\C=C)CCc2ccccc2CC/C(=C/C=C)C1=C(C)C. The average molecular weight is 411 g/mol. The van der Waals surface area contributed by atoms with E-state index in [0.717, 1.165) is 38.5 Å². The van der Waals surface area contributed by atoms with Crippen molar-refractivity contribution in [3.8, 4) is 0 Å². The summed E-state index contributed by atoms with van der Waals surface area (Å²) < 4.78 is 0. The molecule has 0 aromatic heterocycles. The second-order valence-corrected chi connectivity index (χ2v) is 8.24. The Labute approximate surface area is 190 Å². The molecule has 0 fully saturated rings. The maximum absolute atomic E-state index is 4.00. The molecular formula is C31H38. The number of benzene rings is 1. The van der Waals surface area contributed by atoms with Gasteiger partial charge in [0.1, 0.15) is 0 Å². The lowest BCUT2D eigenvalue weighted by Crippen LogP contribution is -2.01. The first kappa shape index (κ1) is 24.4. The molecule has 2 rings (SSSR count). The van der Waals surface area contributed by atoms with E-state index >= 15 is 0 Å². The molecule has 162 valence electrons. The van der Waals surface area contributed by atoms with Crippen LogP contribution >= 0.6 is 0 Å². The predicted octanol–water partition coefficient (Wildman–Crippen LogP) is 8.97. The highest BCUT2D eigenvalue weighted by atomic mass is 14.2. The Kier molecular flexibility index (Phi) is 10.0. The van der Waals surface area contributed by atoms with Gasteiger partial charge in [0, 0.05) is 0 Å². The Morgan fingerprint density at radius 3 is 1.52 bits per heavy atom. The second kappa shape index (κ2) is 12.7. The van der Waals surface area contributed by atoms with Gasteiger partial charge in [0.05, 0.1) is 0 Å². The summed E-state index contributed by atoms with van der Waals surface area (Å²) in [5.74, 6) is 0. The number of hydrogen-bond donors (Lipinski definition) is 0. The molecule has 31 heavy (non-hydrogen) atoms. The molecule has 0 bridgehead atoms. The van der Waals surface area contributed by atoms with Gasteiger partial charge >= 0.3 is 0 Å². The Morgan fingerprint density at radius 1 is 0.645 bits per heavy atom. The average Bonchev–Trinajstić information content (AvgIpc) is 2.76. The van der Waals surface area contributed by atoms with Crippen LogP contribution in [0, 0.1) is 0 Å². The molecule has 1 aliphatic rings. The molecule has 1 aromatic rings. The largest absolute Gasteiger partial charge is 0.0991 e. The van der Waals surface area contributed by atoms with Crippen LogP contribution in [0.25, 0.3) is 0 Å².